The van der Waals surface area contributed by atoms with Gasteiger partial charge >= 0.3 is 11.9 Å². The number of carbonyl (C=O) groups excluding carboxylic acids is 1. The summed E-state index contributed by atoms with van der Waals surface area (Å²) in [5, 5.41) is 30.0. The van der Waals surface area contributed by atoms with Gasteiger partial charge in [0.15, 0.2) is 6.61 Å². The minimum absolute atomic E-state index is 0.203. The Kier molecular flexibility index (Phi) is 9.77. The van der Waals surface area contributed by atoms with Crippen molar-refractivity contribution in [3.05, 3.63) is 29.3 Å². The first-order valence-corrected chi connectivity index (χ1v) is 12.8. The number of carbonyl (C=O) groups is 2. The van der Waals surface area contributed by atoms with Crippen LogP contribution >= 0.6 is 0 Å². The van der Waals surface area contributed by atoms with Crippen LogP contribution in [0.2, 0.25) is 0 Å². The van der Waals surface area contributed by atoms with Crippen molar-refractivity contribution in [2.45, 2.75) is 96.4 Å². The van der Waals surface area contributed by atoms with Gasteiger partial charge in [-0.3, -0.25) is 4.79 Å². The minimum atomic E-state index is -1.02. The predicted octanol–water partition coefficient (Wildman–Crippen LogP) is 3.91. The molecule has 1 fully saturated rings. The molecule has 0 spiro atoms. The fourth-order valence-corrected chi connectivity index (χ4v) is 5.78. The van der Waals surface area contributed by atoms with Crippen molar-refractivity contribution in [2.75, 3.05) is 6.61 Å². The van der Waals surface area contributed by atoms with Crippen molar-refractivity contribution >= 4 is 11.9 Å². The summed E-state index contributed by atoms with van der Waals surface area (Å²) in [6.07, 6.45) is 6.62. The first-order chi connectivity index (χ1) is 16.3. The van der Waals surface area contributed by atoms with Crippen molar-refractivity contribution in [3.63, 3.8) is 0 Å². The zero-order valence-electron chi connectivity index (χ0n) is 20.4. The van der Waals surface area contributed by atoms with E-state index in [2.05, 4.69) is 13.0 Å². The lowest BCUT2D eigenvalue weighted by atomic mass is 9.73. The largest absolute Gasteiger partial charge is 0.482 e. The molecule has 34 heavy (non-hydrogen) atoms. The average molecular weight is 477 g/mol. The monoisotopic (exact) mass is 476 g/mol. The molecule has 0 aromatic heterocycles. The lowest BCUT2D eigenvalue weighted by Crippen LogP contribution is -2.28. The van der Waals surface area contributed by atoms with Gasteiger partial charge in [0.05, 0.1) is 18.6 Å². The molecule has 0 aliphatic heterocycles. The van der Waals surface area contributed by atoms with Gasteiger partial charge in [0.1, 0.15) is 11.9 Å². The van der Waals surface area contributed by atoms with Gasteiger partial charge in [0, 0.05) is 0 Å². The first-order valence-electron chi connectivity index (χ1n) is 12.8. The van der Waals surface area contributed by atoms with E-state index in [1.54, 1.807) is 6.92 Å². The second-order valence-corrected chi connectivity index (χ2v) is 10.1. The molecule has 2 aliphatic carbocycles. The summed E-state index contributed by atoms with van der Waals surface area (Å²) in [6, 6.07) is 5.86. The summed E-state index contributed by atoms with van der Waals surface area (Å²) in [4.78, 5) is 22.8. The third-order valence-corrected chi connectivity index (χ3v) is 7.46. The Morgan fingerprint density at radius 1 is 1.18 bits per heavy atom. The van der Waals surface area contributed by atoms with Crippen LogP contribution < -0.4 is 4.74 Å². The Morgan fingerprint density at radius 2 is 1.97 bits per heavy atom. The quantitative estimate of drug-likeness (QED) is 0.292. The third kappa shape index (κ3) is 7.19. The fraction of sp³-hybridized carbons (Fsp3) is 0.704. The van der Waals surface area contributed by atoms with Crippen molar-refractivity contribution in [3.8, 4) is 5.75 Å². The molecule has 1 saturated carbocycles. The summed E-state index contributed by atoms with van der Waals surface area (Å²) in [5.41, 5.74) is 2.27. The number of aliphatic carboxylic acids is 1. The molecule has 3 rings (SSSR count). The number of rotatable bonds is 13. The smallest absolute Gasteiger partial charge is 0.344 e. The van der Waals surface area contributed by atoms with Gasteiger partial charge in [0.2, 0.25) is 0 Å². The molecule has 0 saturated heterocycles. The standard InChI is InChI=1S/C27H40O7/c1-3-4-5-8-20(28)10-11-21-22-13-18-7-6-9-25(23(18)14-19(22)15-24(21)29)33-16-27(32)34-17(2)12-26(30)31/h6-7,9,17,19-22,24,28-29H,3-5,8,10-16H2,1-2H3,(H,30,31)/t17?,19-,20-,21+,22-,24+/m0/s1. The van der Waals surface area contributed by atoms with Gasteiger partial charge in [-0.1, -0.05) is 38.3 Å². The van der Waals surface area contributed by atoms with E-state index in [0.29, 0.717) is 17.6 Å². The van der Waals surface area contributed by atoms with Gasteiger partial charge in [0.25, 0.3) is 0 Å². The zero-order chi connectivity index (χ0) is 24.7. The molecule has 1 unspecified atom stereocenters. The minimum Gasteiger partial charge on any atom is -0.482 e. The summed E-state index contributed by atoms with van der Waals surface area (Å²) in [5.74, 6) is 0.00150. The molecule has 190 valence electrons. The van der Waals surface area contributed by atoms with Crippen LogP contribution in [0.15, 0.2) is 18.2 Å². The lowest BCUT2D eigenvalue weighted by molar-refractivity contribution is -0.153. The Labute approximate surface area is 202 Å². The number of benzene rings is 1. The van der Waals surface area contributed by atoms with Crippen LogP contribution in [0.3, 0.4) is 0 Å². The SMILES string of the molecule is CCCCC[C@H](O)CC[C@@H]1[C@H]2Cc3cccc(OCC(=O)OC(C)CC(=O)O)c3C[C@H]2C[C@H]1O. The molecule has 7 heteroatoms. The Hall–Kier alpha value is -2.12. The van der Waals surface area contributed by atoms with Crippen molar-refractivity contribution < 1.29 is 34.4 Å². The summed E-state index contributed by atoms with van der Waals surface area (Å²) >= 11 is 0. The molecule has 3 N–H and O–H groups in total. The lowest BCUT2D eigenvalue weighted by Gasteiger charge is -2.32. The highest BCUT2D eigenvalue weighted by atomic mass is 16.6. The normalized spacial score (nSPS) is 25.2. The highest BCUT2D eigenvalue weighted by molar-refractivity contribution is 5.72. The van der Waals surface area contributed by atoms with Crippen LogP contribution in [-0.2, 0) is 27.2 Å². The maximum atomic E-state index is 12.1. The van der Waals surface area contributed by atoms with E-state index >= 15 is 0 Å². The van der Waals surface area contributed by atoms with Gasteiger partial charge < -0.3 is 24.8 Å². The van der Waals surface area contributed by atoms with Crippen LogP contribution in [-0.4, -0.2) is 52.2 Å². The number of hydrogen-bond donors (Lipinski definition) is 3. The molecule has 6 atom stereocenters. The molecule has 0 heterocycles. The van der Waals surface area contributed by atoms with E-state index in [1.165, 1.54) is 5.56 Å². The molecule has 2 aliphatic rings. The van der Waals surface area contributed by atoms with Crippen LogP contribution in [0.25, 0.3) is 0 Å². The van der Waals surface area contributed by atoms with E-state index in [-0.39, 0.29) is 31.2 Å². The molecule has 0 radical (unpaired) electrons. The van der Waals surface area contributed by atoms with Crippen LogP contribution in [0.4, 0.5) is 0 Å². The Balaban J connectivity index is 1.57. The predicted molar refractivity (Wildman–Crippen MR) is 128 cm³/mol. The number of esters is 1. The molecule has 0 bridgehead atoms. The first kappa shape index (κ1) is 26.5. The molecule has 7 nitrogen and oxygen atoms in total. The maximum Gasteiger partial charge on any atom is 0.344 e. The van der Waals surface area contributed by atoms with Crippen LogP contribution in [0.5, 0.6) is 5.75 Å². The second-order valence-electron chi connectivity index (χ2n) is 10.1. The molecule has 0 amide bonds. The zero-order valence-corrected chi connectivity index (χ0v) is 20.4. The number of carboxylic acids is 1. The summed E-state index contributed by atoms with van der Waals surface area (Å²) < 4.78 is 10.9. The van der Waals surface area contributed by atoms with E-state index in [4.69, 9.17) is 14.6 Å². The number of ether oxygens (including phenoxy) is 2. The van der Waals surface area contributed by atoms with Gasteiger partial charge in [-0.25, -0.2) is 4.79 Å². The molecular formula is C27H40O7. The Morgan fingerprint density at radius 3 is 2.71 bits per heavy atom. The van der Waals surface area contributed by atoms with Gasteiger partial charge in [-0.2, -0.15) is 0 Å². The third-order valence-electron chi connectivity index (χ3n) is 7.46. The van der Waals surface area contributed by atoms with Gasteiger partial charge in [-0.05, 0) is 80.4 Å². The topological polar surface area (TPSA) is 113 Å². The molecule has 1 aromatic rings. The van der Waals surface area contributed by atoms with E-state index in [9.17, 15) is 19.8 Å². The molecular weight excluding hydrogens is 436 g/mol. The summed E-state index contributed by atoms with van der Waals surface area (Å²) in [6.45, 7) is 3.44. The number of aliphatic hydroxyl groups excluding tert-OH is 2. The summed E-state index contributed by atoms with van der Waals surface area (Å²) in [7, 11) is 0. The second kappa shape index (κ2) is 12.5. The highest BCUT2D eigenvalue weighted by Gasteiger charge is 2.44. The fourth-order valence-electron chi connectivity index (χ4n) is 5.78. The number of carboxylic acid groups (broad SMARTS) is 1. The van der Waals surface area contributed by atoms with Crippen LogP contribution in [0.1, 0.15) is 76.3 Å². The highest BCUT2D eigenvalue weighted by Crippen LogP contribution is 2.48. The number of fused-ring (bicyclic) bond motifs is 2. The van der Waals surface area contributed by atoms with Crippen molar-refractivity contribution in [2.24, 2.45) is 17.8 Å². The number of unbranched alkanes of at least 4 members (excludes halogenated alkanes) is 2. The molecule has 1 aromatic carbocycles. The van der Waals surface area contributed by atoms with E-state index in [0.717, 1.165) is 63.4 Å². The van der Waals surface area contributed by atoms with Gasteiger partial charge in [-0.15, -0.1) is 0 Å². The van der Waals surface area contributed by atoms with Crippen molar-refractivity contribution in [1.82, 2.24) is 0 Å². The maximum absolute atomic E-state index is 12.1. The van der Waals surface area contributed by atoms with Crippen molar-refractivity contribution in [1.29, 1.82) is 0 Å². The van der Waals surface area contributed by atoms with E-state index < -0.39 is 18.0 Å². The van der Waals surface area contributed by atoms with E-state index in [1.807, 2.05) is 12.1 Å². The Bertz CT molecular complexity index is 823. The number of hydrogen-bond acceptors (Lipinski definition) is 6. The van der Waals surface area contributed by atoms with Crippen LogP contribution in [0, 0.1) is 17.8 Å². The number of aliphatic hydroxyl groups is 2. The average Bonchev–Trinajstić information content (AvgIpc) is 3.08.